The number of nitrogens with two attached hydrogens (primary N) is 1. The Morgan fingerprint density at radius 1 is 0.976 bits per heavy atom. The Morgan fingerprint density at radius 2 is 1.73 bits per heavy atom. The van der Waals surface area contributed by atoms with E-state index in [9.17, 15) is 4.79 Å². The second kappa shape index (κ2) is 10.1. The van der Waals surface area contributed by atoms with Crippen molar-refractivity contribution in [2.24, 2.45) is 27.7 Å². The average molecular weight is 547 g/mol. The summed E-state index contributed by atoms with van der Waals surface area (Å²) in [5.74, 6) is 8.52. The van der Waals surface area contributed by atoms with E-state index in [1.165, 1.54) is 0 Å². The van der Waals surface area contributed by atoms with Gasteiger partial charge in [-0.05, 0) is 31.0 Å². The number of allylic oxidation sites excluding steroid dienone is 2. The topological polar surface area (TPSA) is 87.2 Å². The van der Waals surface area contributed by atoms with Gasteiger partial charge in [-0.25, -0.2) is 4.98 Å². The Balaban J connectivity index is 1.12. The fourth-order valence-corrected chi connectivity index (χ4v) is 6.51. The standard InChI is InChI=1S/C33H36N7O/c1-22(2)33(41)39-15-13-38(14-16-39)27-18-26(19-27)31-30-21-35-12-17-40(30,34)32(37-31)25-9-8-24-10-11-28(36-29(24)20-25)23-6-4-3-5-7-23/h3-12,17,20-22,26-27H,13-16,18-19,34H2,1-2H3/q+1. The molecule has 1 amide bonds. The highest BCUT2D eigenvalue weighted by Crippen LogP contribution is 2.44. The van der Waals surface area contributed by atoms with Crippen molar-refractivity contribution >= 4 is 28.9 Å². The van der Waals surface area contributed by atoms with Crippen molar-refractivity contribution < 1.29 is 9.39 Å². The Bertz CT molecular complexity index is 1630. The molecule has 0 radical (unpaired) electrons. The zero-order chi connectivity index (χ0) is 28.1. The predicted molar refractivity (Wildman–Crippen MR) is 162 cm³/mol. The monoisotopic (exact) mass is 546 g/mol. The van der Waals surface area contributed by atoms with Gasteiger partial charge < -0.3 is 4.90 Å². The van der Waals surface area contributed by atoms with Crippen molar-refractivity contribution in [3.63, 3.8) is 0 Å². The first-order valence-corrected chi connectivity index (χ1v) is 14.6. The quantitative estimate of drug-likeness (QED) is 0.371. The molecule has 3 aliphatic heterocycles. The Labute approximate surface area is 240 Å². The lowest BCUT2D eigenvalue weighted by atomic mass is 9.76. The molecule has 8 heteroatoms. The molecule has 2 N–H and O–H groups in total. The van der Waals surface area contributed by atoms with Gasteiger partial charge in [0, 0.05) is 55.0 Å². The summed E-state index contributed by atoms with van der Waals surface area (Å²) in [4.78, 5) is 31.6. The molecule has 1 aliphatic carbocycles. The van der Waals surface area contributed by atoms with Gasteiger partial charge in [-0.2, -0.15) is 10.8 Å². The molecule has 208 valence electrons. The Kier molecular flexibility index (Phi) is 6.42. The third-order valence-electron chi connectivity index (χ3n) is 8.98. The van der Waals surface area contributed by atoms with Gasteiger partial charge in [0.05, 0.1) is 29.2 Å². The van der Waals surface area contributed by atoms with Crippen LogP contribution in [0.4, 0.5) is 0 Å². The SMILES string of the molecule is CC(C)C(=O)N1CCN(C2CC(C3=C4C=NC=C[N+]4(N)C(c4ccc5ccc(-c6ccccc6)nc5c4)=N3)C2)CC1. The van der Waals surface area contributed by atoms with E-state index in [0.717, 1.165) is 84.0 Å². The highest BCUT2D eigenvalue weighted by Gasteiger charge is 2.49. The Hall–Kier alpha value is -3.98. The number of nitrogens with zero attached hydrogens (tertiary/aromatic N) is 6. The number of pyridine rings is 1. The van der Waals surface area contributed by atoms with E-state index in [0.29, 0.717) is 12.0 Å². The van der Waals surface area contributed by atoms with Crippen molar-refractivity contribution in [3.8, 4) is 11.3 Å². The molecule has 1 aromatic heterocycles. The number of hydrogen-bond acceptors (Lipinski definition) is 6. The summed E-state index contributed by atoms with van der Waals surface area (Å²) in [5.41, 5.74) is 5.92. The number of hydrogen-bond donors (Lipinski definition) is 1. The summed E-state index contributed by atoms with van der Waals surface area (Å²) >= 11 is 0. The molecule has 0 spiro atoms. The second-order valence-electron chi connectivity index (χ2n) is 11.9. The lowest BCUT2D eigenvalue weighted by molar-refractivity contribution is -0.750. The number of amides is 1. The van der Waals surface area contributed by atoms with Crippen LogP contribution in [0.5, 0.6) is 0 Å². The normalized spacial score (nSPS) is 26.0. The minimum absolute atomic E-state index is 0.0276. The highest BCUT2D eigenvalue weighted by atomic mass is 16.2. The van der Waals surface area contributed by atoms with Crippen LogP contribution in [0.2, 0.25) is 0 Å². The number of benzene rings is 2. The zero-order valence-electron chi connectivity index (χ0n) is 23.6. The number of fused-ring (bicyclic) bond motifs is 2. The number of amidine groups is 1. The number of piperazine rings is 1. The van der Waals surface area contributed by atoms with Gasteiger partial charge in [0.1, 0.15) is 11.9 Å². The summed E-state index contributed by atoms with van der Waals surface area (Å²) in [6.45, 7) is 7.46. The third-order valence-corrected chi connectivity index (χ3v) is 8.98. The first-order chi connectivity index (χ1) is 19.9. The molecular formula is C33H36N7O+. The van der Waals surface area contributed by atoms with Gasteiger partial charge in [0.2, 0.25) is 11.6 Å². The fraction of sp³-hybridized carbons (Fsp3) is 0.333. The van der Waals surface area contributed by atoms with Crippen LogP contribution in [0, 0.1) is 11.8 Å². The number of aliphatic imine (C=N–C) groups is 2. The largest absolute Gasteiger partial charge is 0.340 e. The van der Waals surface area contributed by atoms with Gasteiger partial charge in [-0.1, -0.05) is 56.3 Å². The van der Waals surface area contributed by atoms with E-state index < -0.39 is 0 Å². The molecule has 1 saturated heterocycles. The van der Waals surface area contributed by atoms with Crippen LogP contribution in [-0.2, 0) is 4.79 Å². The van der Waals surface area contributed by atoms with Crippen LogP contribution in [0.25, 0.3) is 22.2 Å². The van der Waals surface area contributed by atoms with Crippen LogP contribution in [0.3, 0.4) is 0 Å². The Morgan fingerprint density at radius 3 is 2.49 bits per heavy atom. The number of carbonyl (C=O) groups excluding carboxylic acids is 1. The van der Waals surface area contributed by atoms with E-state index in [4.69, 9.17) is 15.8 Å². The molecule has 4 heterocycles. The molecule has 2 fully saturated rings. The molecule has 1 saturated carbocycles. The molecule has 3 aromatic rings. The van der Waals surface area contributed by atoms with Crippen LogP contribution in [0.1, 0.15) is 32.3 Å². The molecule has 1 atom stereocenters. The number of rotatable bonds is 5. The molecule has 41 heavy (non-hydrogen) atoms. The zero-order valence-corrected chi connectivity index (χ0v) is 23.6. The van der Waals surface area contributed by atoms with Gasteiger partial charge in [-0.15, -0.1) is 4.59 Å². The van der Waals surface area contributed by atoms with Crippen molar-refractivity contribution in [1.82, 2.24) is 14.8 Å². The summed E-state index contributed by atoms with van der Waals surface area (Å²) in [7, 11) is 0. The van der Waals surface area contributed by atoms with E-state index in [2.05, 4.69) is 52.4 Å². The third kappa shape index (κ3) is 4.52. The second-order valence-corrected chi connectivity index (χ2v) is 11.9. The van der Waals surface area contributed by atoms with Crippen molar-refractivity contribution in [2.45, 2.75) is 32.7 Å². The maximum Gasteiger partial charge on any atom is 0.264 e. The predicted octanol–water partition coefficient (Wildman–Crippen LogP) is 4.70. The number of carbonyl (C=O) groups is 1. The van der Waals surface area contributed by atoms with Crippen LogP contribution < -0.4 is 5.84 Å². The number of quaternary nitrogens is 1. The van der Waals surface area contributed by atoms with E-state index in [1.54, 1.807) is 6.20 Å². The van der Waals surface area contributed by atoms with Crippen molar-refractivity contribution in [1.29, 1.82) is 0 Å². The minimum atomic E-state index is 0.0276. The molecule has 4 aliphatic rings. The van der Waals surface area contributed by atoms with Gasteiger partial charge in [-0.3, -0.25) is 14.7 Å². The first kappa shape index (κ1) is 26.0. The summed E-state index contributed by atoms with van der Waals surface area (Å²) in [6, 6.07) is 21.2. The van der Waals surface area contributed by atoms with Crippen molar-refractivity contribution in [2.75, 3.05) is 26.2 Å². The van der Waals surface area contributed by atoms with Crippen LogP contribution in [-0.4, -0.2) is 69.6 Å². The molecule has 2 aromatic carbocycles. The van der Waals surface area contributed by atoms with Gasteiger partial charge in [0.25, 0.3) is 5.84 Å². The van der Waals surface area contributed by atoms with Gasteiger partial charge in [0.15, 0.2) is 0 Å². The average Bonchev–Trinajstić information content (AvgIpc) is 3.28. The maximum atomic E-state index is 12.4. The van der Waals surface area contributed by atoms with E-state index in [1.807, 2.05) is 49.4 Å². The lowest BCUT2D eigenvalue weighted by Crippen LogP contribution is -2.56. The maximum absolute atomic E-state index is 12.4. The molecular weight excluding hydrogens is 510 g/mol. The molecule has 8 nitrogen and oxygen atoms in total. The highest BCUT2D eigenvalue weighted by molar-refractivity contribution is 6.02. The van der Waals surface area contributed by atoms with Crippen LogP contribution >= 0.6 is 0 Å². The summed E-state index contributed by atoms with van der Waals surface area (Å²) < 4.78 is 0.0276. The fourth-order valence-electron chi connectivity index (χ4n) is 6.51. The van der Waals surface area contributed by atoms with Gasteiger partial charge >= 0.3 is 0 Å². The molecule has 7 rings (SSSR count). The van der Waals surface area contributed by atoms with Crippen LogP contribution in [0.15, 0.2) is 94.4 Å². The summed E-state index contributed by atoms with van der Waals surface area (Å²) in [5, 5.41) is 1.08. The van der Waals surface area contributed by atoms with E-state index >= 15 is 0 Å². The minimum Gasteiger partial charge on any atom is -0.340 e. The lowest BCUT2D eigenvalue weighted by Gasteiger charge is -2.46. The van der Waals surface area contributed by atoms with E-state index in [-0.39, 0.29) is 16.4 Å². The summed E-state index contributed by atoms with van der Waals surface area (Å²) in [6.07, 6.45) is 7.65. The van der Waals surface area contributed by atoms with Crippen molar-refractivity contribution in [3.05, 3.63) is 90.0 Å². The smallest absolute Gasteiger partial charge is 0.264 e. The molecule has 1 unspecified atom stereocenters. The number of aromatic nitrogens is 1. The first-order valence-electron chi connectivity index (χ1n) is 14.6. The molecule has 0 bridgehead atoms.